The lowest BCUT2D eigenvalue weighted by Gasteiger charge is -2.05. The molecular weight excluding hydrogens is 184 g/mol. The highest BCUT2D eigenvalue weighted by Crippen LogP contribution is 2.07. The Balaban J connectivity index is 2.07. The molecule has 1 aromatic heterocycles. The van der Waals surface area contributed by atoms with Crippen LogP contribution in [0.4, 0.5) is 5.69 Å². The lowest BCUT2D eigenvalue weighted by Crippen LogP contribution is -2.01. The van der Waals surface area contributed by atoms with Gasteiger partial charge in [0.25, 0.3) is 0 Å². The number of hydrogen-bond donors (Lipinski definition) is 1. The van der Waals surface area contributed by atoms with E-state index in [-0.39, 0.29) is 0 Å². The van der Waals surface area contributed by atoms with E-state index in [2.05, 4.69) is 23.3 Å². The van der Waals surface area contributed by atoms with Crippen molar-refractivity contribution in [2.45, 2.75) is 46.0 Å². The first-order valence-electron chi connectivity index (χ1n) is 5.99. The topological polar surface area (TPSA) is 24.9 Å². The Bertz CT molecular complexity index is 254. The number of nitrogens with zero attached hydrogens (tertiary/aromatic N) is 1. The molecule has 0 spiro atoms. The molecule has 0 fully saturated rings. The van der Waals surface area contributed by atoms with Crippen LogP contribution in [0.3, 0.4) is 0 Å². The molecule has 0 bridgehead atoms. The normalized spacial score (nSPS) is 10.3. The number of anilines is 1. The van der Waals surface area contributed by atoms with Crippen LogP contribution in [0.25, 0.3) is 0 Å². The van der Waals surface area contributed by atoms with Crippen LogP contribution >= 0.6 is 0 Å². The van der Waals surface area contributed by atoms with E-state index in [4.69, 9.17) is 0 Å². The van der Waals surface area contributed by atoms with Crippen LogP contribution in [-0.2, 0) is 0 Å². The molecule has 0 saturated carbocycles. The van der Waals surface area contributed by atoms with Crippen molar-refractivity contribution in [2.75, 3.05) is 11.9 Å². The van der Waals surface area contributed by atoms with Crippen LogP contribution in [0, 0.1) is 6.92 Å². The zero-order chi connectivity index (χ0) is 10.9. The van der Waals surface area contributed by atoms with Crippen molar-refractivity contribution in [3.05, 3.63) is 24.0 Å². The molecule has 0 unspecified atom stereocenters. The minimum Gasteiger partial charge on any atom is -0.384 e. The van der Waals surface area contributed by atoms with Gasteiger partial charge in [-0.05, 0) is 25.5 Å². The third-order valence-corrected chi connectivity index (χ3v) is 2.52. The lowest BCUT2D eigenvalue weighted by molar-refractivity contribution is 0.645. The molecule has 0 aromatic carbocycles. The number of unbranched alkanes of at least 4 members (excludes halogenated alkanes) is 4. The summed E-state index contributed by atoms with van der Waals surface area (Å²) >= 11 is 0. The van der Waals surface area contributed by atoms with E-state index in [1.54, 1.807) is 0 Å². The summed E-state index contributed by atoms with van der Waals surface area (Å²) in [7, 11) is 0. The summed E-state index contributed by atoms with van der Waals surface area (Å²) in [6.45, 7) is 5.32. The predicted octanol–water partition coefficient (Wildman–Crippen LogP) is 3.77. The molecule has 0 saturated heterocycles. The van der Waals surface area contributed by atoms with Crippen molar-refractivity contribution < 1.29 is 0 Å². The van der Waals surface area contributed by atoms with Crippen molar-refractivity contribution in [1.29, 1.82) is 0 Å². The third kappa shape index (κ3) is 5.40. The van der Waals surface area contributed by atoms with Gasteiger partial charge in [0.15, 0.2) is 0 Å². The first-order chi connectivity index (χ1) is 7.33. The van der Waals surface area contributed by atoms with Gasteiger partial charge in [-0.1, -0.05) is 32.6 Å². The molecule has 0 amide bonds. The van der Waals surface area contributed by atoms with E-state index in [9.17, 15) is 0 Å². The smallest absolute Gasteiger partial charge is 0.0526 e. The zero-order valence-corrected chi connectivity index (χ0v) is 9.92. The Hall–Kier alpha value is -1.05. The molecule has 0 atom stereocenters. The minimum absolute atomic E-state index is 1.06. The van der Waals surface area contributed by atoms with Crippen LogP contribution in [0.1, 0.15) is 44.7 Å². The summed E-state index contributed by atoms with van der Waals surface area (Å²) in [6, 6.07) is 4.13. The quantitative estimate of drug-likeness (QED) is 0.687. The number of pyridine rings is 1. The average Bonchev–Trinajstić information content (AvgIpc) is 2.26. The van der Waals surface area contributed by atoms with Crippen molar-refractivity contribution in [3.63, 3.8) is 0 Å². The second kappa shape index (κ2) is 7.27. The monoisotopic (exact) mass is 206 g/mol. The molecule has 0 radical (unpaired) electrons. The molecule has 1 rings (SSSR count). The number of rotatable bonds is 7. The van der Waals surface area contributed by atoms with Gasteiger partial charge in [-0.15, -0.1) is 0 Å². The van der Waals surface area contributed by atoms with E-state index < -0.39 is 0 Å². The van der Waals surface area contributed by atoms with Crippen LogP contribution < -0.4 is 5.32 Å². The lowest BCUT2D eigenvalue weighted by atomic mass is 10.1. The number of aromatic nitrogens is 1. The third-order valence-electron chi connectivity index (χ3n) is 2.52. The largest absolute Gasteiger partial charge is 0.384 e. The van der Waals surface area contributed by atoms with E-state index in [1.807, 2.05) is 19.2 Å². The highest BCUT2D eigenvalue weighted by molar-refractivity contribution is 5.40. The van der Waals surface area contributed by atoms with E-state index in [1.165, 1.54) is 32.1 Å². The highest BCUT2D eigenvalue weighted by atomic mass is 14.9. The second-order valence-corrected chi connectivity index (χ2v) is 4.03. The van der Waals surface area contributed by atoms with Gasteiger partial charge in [-0.25, -0.2) is 0 Å². The maximum Gasteiger partial charge on any atom is 0.0526 e. The van der Waals surface area contributed by atoms with Gasteiger partial charge >= 0.3 is 0 Å². The van der Waals surface area contributed by atoms with E-state index >= 15 is 0 Å². The first-order valence-corrected chi connectivity index (χ1v) is 5.99. The van der Waals surface area contributed by atoms with Gasteiger partial charge in [0.2, 0.25) is 0 Å². The molecule has 1 N–H and O–H groups in total. The average molecular weight is 206 g/mol. The fourth-order valence-electron chi connectivity index (χ4n) is 1.53. The molecule has 1 aromatic rings. The Labute approximate surface area is 93.1 Å². The zero-order valence-electron chi connectivity index (χ0n) is 9.92. The molecular formula is C13H22N2. The number of hydrogen-bond acceptors (Lipinski definition) is 2. The second-order valence-electron chi connectivity index (χ2n) is 4.03. The fourth-order valence-corrected chi connectivity index (χ4v) is 1.53. The van der Waals surface area contributed by atoms with Gasteiger partial charge in [-0.2, -0.15) is 0 Å². The maximum atomic E-state index is 4.24. The number of aryl methyl sites for hydroxylation is 1. The molecule has 15 heavy (non-hydrogen) atoms. The summed E-state index contributed by atoms with van der Waals surface area (Å²) in [5.41, 5.74) is 2.21. The van der Waals surface area contributed by atoms with Crippen molar-refractivity contribution in [3.8, 4) is 0 Å². The van der Waals surface area contributed by atoms with Gasteiger partial charge < -0.3 is 5.32 Å². The first kappa shape index (κ1) is 12.0. The Morgan fingerprint density at radius 2 is 1.93 bits per heavy atom. The van der Waals surface area contributed by atoms with E-state index in [0.717, 1.165) is 17.9 Å². The predicted molar refractivity (Wildman–Crippen MR) is 66.2 cm³/mol. The molecule has 2 heteroatoms. The molecule has 0 aliphatic heterocycles. The van der Waals surface area contributed by atoms with E-state index in [0.29, 0.717) is 0 Å². The number of nitrogens with one attached hydrogen (secondary N) is 1. The minimum atomic E-state index is 1.06. The summed E-state index contributed by atoms with van der Waals surface area (Å²) in [5, 5.41) is 3.39. The van der Waals surface area contributed by atoms with Crippen LogP contribution in [-0.4, -0.2) is 11.5 Å². The Morgan fingerprint density at radius 3 is 2.60 bits per heavy atom. The summed E-state index contributed by atoms with van der Waals surface area (Å²) in [5.74, 6) is 0. The van der Waals surface area contributed by atoms with Crippen molar-refractivity contribution >= 4 is 5.69 Å². The molecule has 1 heterocycles. The van der Waals surface area contributed by atoms with Gasteiger partial charge in [-0.3, -0.25) is 4.98 Å². The van der Waals surface area contributed by atoms with Crippen molar-refractivity contribution in [2.24, 2.45) is 0 Å². The molecule has 84 valence electrons. The van der Waals surface area contributed by atoms with Crippen LogP contribution in [0.15, 0.2) is 18.3 Å². The van der Waals surface area contributed by atoms with Crippen LogP contribution in [0.5, 0.6) is 0 Å². The van der Waals surface area contributed by atoms with Gasteiger partial charge in [0, 0.05) is 12.2 Å². The Kier molecular flexibility index (Phi) is 5.83. The van der Waals surface area contributed by atoms with Crippen LogP contribution in [0.2, 0.25) is 0 Å². The molecule has 0 aliphatic rings. The SMILES string of the molecule is CCCCCCCNc1ccc(C)nc1. The Morgan fingerprint density at radius 1 is 1.13 bits per heavy atom. The maximum absolute atomic E-state index is 4.24. The summed E-state index contributed by atoms with van der Waals surface area (Å²) < 4.78 is 0. The standard InChI is InChI=1S/C13H22N2/c1-3-4-5-6-7-10-14-13-9-8-12(2)15-11-13/h8-9,11,14H,3-7,10H2,1-2H3. The molecule has 0 aliphatic carbocycles. The molecule has 2 nitrogen and oxygen atoms in total. The summed E-state index contributed by atoms with van der Waals surface area (Å²) in [4.78, 5) is 4.24. The van der Waals surface area contributed by atoms with Gasteiger partial charge in [0.1, 0.15) is 0 Å². The van der Waals surface area contributed by atoms with Crippen molar-refractivity contribution in [1.82, 2.24) is 4.98 Å². The highest BCUT2D eigenvalue weighted by Gasteiger charge is 1.92. The van der Waals surface area contributed by atoms with Gasteiger partial charge in [0.05, 0.1) is 11.9 Å². The summed E-state index contributed by atoms with van der Waals surface area (Å²) in [6.07, 6.45) is 8.54. The fraction of sp³-hybridized carbons (Fsp3) is 0.615.